The summed E-state index contributed by atoms with van der Waals surface area (Å²) in [6, 6.07) is 1.97. The van der Waals surface area contributed by atoms with E-state index in [2.05, 4.69) is 38.1 Å². The van der Waals surface area contributed by atoms with E-state index in [0.29, 0.717) is 19.0 Å². The lowest BCUT2D eigenvalue weighted by Gasteiger charge is -2.24. The zero-order valence-electron chi connectivity index (χ0n) is 17.1. The quantitative estimate of drug-likeness (QED) is 0.240. The molecule has 1 amide bonds. The molecule has 0 saturated heterocycles. The molecule has 1 heterocycles. The number of nitrogens with one attached hydrogen (secondary N) is 4. The number of aromatic amines is 1. The number of hydrogen-bond donors (Lipinski definition) is 4. The van der Waals surface area contributed by atoms with Crippen LogP contribution in [0, 0.1) is 0 Å². The minimum atomic E-state index is -0.503. The van der Waals surface area contributed by atoms with Gasteiger partial charge in [-0.25, -0.2) is 9.79 Å². The molecule has 9 heteroatoms. The van der Waals surface area contributed by atoms with Crippen molar-refractivity contribution in [1.29, 1.82) is 0 Å². The van der Waals surface area contributed by atoms with Gasteiger partial charge in [0.25, 0.3) is 0 Å². The SMILES string of the molecule is CCCCC(CNC(=O)OC(C)(C)C)NC(=NCc1ccn[nH]1)NCC.I. The van der Waals surface area contributed by atoms with E-state index in [9.17, 15) is 4.79 Å². The summed E-state index contributed by atoms with van der Waals surface area (Å²) >= 11 is 0. The highest BCUT2D eigenvalue weighted by Crippen LogP contribution is 2.07. The molecular formula is C18H35IN6O2. The molecule has 1 aromatic heterocycles. The molecule has 8 nitrogen and oxygen atoms in total. The van der Waals surface area contributed by atoms with E-state index in [1.807, 2.05) is 33.8 Å². The van der Waals surface area contributed by atoms with Gasteiger partial charge >= 0.3 is 6.09 Å². The molecule has 0 bridgehead atoms. The summed E-state index contributed by atoms with van der Waals surface area (Å²) in [7, 11) is 0. The van der Waals surface area contributed by atoms with Gasteiger partial charge in [-0.2, -0.15) is 5.10 Å². The van der Waals surface area contributed by atoms with Crippen LogP contribution < -0.4 is 16.0 Å². The second-order valence-corrected chi connectivity index (χ2v) is 7.14. The van der Waals surface area contributed by atoms with E-state index in [4.69, 9.17) is 4.74 Å². The number of unbranched alkanes of at least 4 members (excludes halogenated alkanes) is 1. The molecule has 0 aromatic carbocycles. The Balaban J connectivity index is 0.00000676. The lowest BCUT2D eigenvalue weighted by atomic mass is 10.1. The molecule has 0 aliphatic carbocycles. The molecule has 0 aliphatic heterocycles. The van der Waals surface area contributed by atoms with E-state index >= 15 is 0 Å². The maximum absolute atomic E-state index is 11.9. The van der Waals surface area contributed by atoms with E-state index < -0.39 is 11.7 Å². The molecule has 0 saturated carbocycles. The van der Waals surface area contributed by atoms with Gasteiger partial charge < -0.3 is 20.7 Å². The second-order valence-electron chi connectivity index (χ2n) is 7.14. The van der Waals surface area contributed by atoms with E-state index in [0.717, 1.165) is 31.5 Å². The number of aromatic nitrogens is 2. The van der Waals surface area contributed by atoms with E-state index in [-0.39, 0.29) is 30.0 Å². The number of nitrogens with zero attached hydrogens (tertiary/aromatic N) is 2. The number of rotatable bonds is 9. The monoisotopic (exact) mass is 494 g/mol. The number of carbonyl (C=O) groups excluding carboxylic acids is 1. The molecule has 156 valence electrons. The number of alkyl carbamates (subject to hydrolysis) is 1. The van der Waals surface area contributed by atoms with Crippen LogP contribution in [0.1, 0.15) is 59.6 Å². The van der Waals surface area contributed by atoms with Gasteiger partial charge in [0, 0.05) is 25.3 Å². The summed E-state index contributed by atoms with van der Waals surface area (Å²) < 4.78 is 5.31. The Morgan fingerprint density at radius 2 is 2.07 bits per heavy atom. The molecule has 1 unspecified atom stereocenters. The summed E-state index contributed by atoms with van der Waals surface area (Å²) in [6.07, 6.45) is 4.39. The van der Waals surface area contributed by atoms with Crippen molar-refractivity contribution in [3.05, 3.63) is 18.0 Å². The first-order valence-electron chi connectivity index (χ1n) is 9.34. The first-order chi connectivity index (χ1) is 12.3. The van der Waals surface area contributed by atoms with Crippen LogP contribution >= 0.6 is 24.0 Å². The van der Waals surface area contributed by atoms with Crippen LogP contribution in [0.25, 0.3) is 0 Å². The molecule has 4 N–H and O–H groups in total. The highest BCUT2D eigenvalue weighted by atomic mass is 127. The molecule has 0 radical (unpaired) electrons. The normalized spacial score (nSPS) is 12.7. The molecule has 0 fully saturated rings. The van der Waals surface area contributed by atoms with Crippen LogP contribution in [-0.2, 0) is 11.3 Å². The third kappa shape index (κ3) is 12.5. The molecule has 1 aromatic rings. The fourth-order valence-electron chi connectivity index (χ4n) is 2.25. The second kappa shape index (κ2) is 13.6. The topological polar surface area (TPSA) is 103 Å². The maximum atomic E-state index is 11.9. The Morgan fingerprint density at radius 3 is 2.63 bits per heavy atom. The molecule has 1 rings (SSSR count). The lowest BCUT2D eigenvalue weighted by molar-refractivity contribution is 0.0523. The molecule has 0 spiro atoms. The Morgan fingerprint density at radius 1 is 1.33 bits per heavy atom. The standard InChI is InChI=1S/C18H34N6O2.HI/c1-6-8-9-14(12-21-17(25)26-18(3,4)5)23-16(19-7-2)20-13-15-10-11-22-24-15;/h10-11,14H,6-9,12-13H2,1-5H3,(H,21,25)(H,22,24)(H2,19,20,23);1H. The largest absolute Gasteiger partial charge is 0.444 e. The van der Waals surface area contributed by atoms with Crippen molar-refractivity contribution in [1.82, 2.24) is 26.1 Å². The smallest absolute Gasteiger partial charge is 0.407 e. The highest BCUT2D eigenvalue weighted by Gasteiger charge is 2.18. The number of ether oxygens (including phenoxy) is 1. The molecule has 0 aliphatic rings. The summed E-state index contributed by atoms with van der Waals surface area (Å²) in [5.41, 5.74) is 0.441. The Labute approximate surface area is 179 Å². The van der Waals surface area contributed by atoms with Crippen molar-refractivity contribution >= 4 is 36.0 Å². The van der Waals surface area contributed by atoms with E-state index in [1.165, 1.54) is 0 Å². The first kappa shape index (κ1) is 25.5. The molecular weight excluding hydrogens is 459 g/mol. The van der Waals surface area contributed by atoms with Gasteiger partial charge in [0.05, 0.1) is 12.2 Å². The van der Waals surface area contributed by atoms with Gasteiger partial charge in [-0.05, 0) is 40.2 Å². The first-order valence-corrected chi connectivity index (χ1v) is 9.34. The Kier molecular flexibility index (Phi) is 12.9. The number of hydrogen-bond acceptors (Lipinski definition) is 4. The zero-order valence-corrected chi connectivity index (χ0v) is 19.4. The number of amides is 1. The van der Waals surface area contributed by atoms with Crippen molar-refractivity contribution < 1.29 is 9.53 Å². The minimum Gasteiger partial charge on any atom is -0.444 e. The third-order valence-corrected chi connectivity index (χ3v) is 3.45. The van der Waals surface area contributed by atoms with Crippen LogP contribution in [0.3, 0.4) is 0 Å². The highest BCUT2D eigenvalue weighted by molar-refractivity contribution is 14.0. The van der Waals surface area contributed by atoms with Gasteiger partial charge in [-0.1, -0.05) is 19.8 Å². The Bertz CT molecular complexity index is 543. The predicted molar refractivity (Wildman–Crippen MR) is 120 cm³/mol. The molecule has 1 atom stereocenters. The van der Waals surface area contributed by atoms with Crippen LogP contribution in [0.5, 0.6) is 0 Å². The Hall–Kier alpha value is -1.52. The number of H-pyrrole nitrogens is 1. The maximum Gasteiger partial charge on any atom is 0.407 e. The fraction of sp³-hybridized carbons (Fsp3) is 0.722. The van der Waals surface area contributed by atoms with E-state index in [1.54, 1.807) is 6.20 Å². The number of guanidine groups is 1. The van der Waals surface area contributed by atoms with Crippen LogP contribution in [0.15, 0.2) is 17.3 Å². The zero-order chi connectivity index (χ0) is 19.4. The van der Waals surface area contributed by atoms with Crippen molar-refractivity contribution in [3.63, 3.8) is 0 Å². The van der Waals surface area contributed by atoms with Crippen LogP contribution in [-0.4, -0.2) is 47.0 Å². The summed E-state index contributed by atoms with van der Waals surface area (Å²) in [6.45, 7) is 11.5. The van der Waals surface area contributed by atoms with Gasteiger partial charge in [-0.3, -0.25) is 5.10 Å². The average Bonchev–Trinajstić information content (AvgIpc) is 3.07. The minimum absolute atomic E-state index is 0. The summed E-state index contributed by atoms with van der Waals surface area (Å²) in [5.74, 6) is 0.717. The average molecular weight is 494 g/mol. The molecule has 27 heavy (non-hydrogen) atoms. The van der Waals surface area contributed by atoms with Crippen LogP contribution in [0.4, 0.5) is 4.79 Å². The fourth-order valence-corrected chi connectivity index (χ4v) is 2.25. The van der Waals surface area contributed by atoms with Gasteiger partial charge in [-0.15, -0.1) is 24.0 Å². The number of halogens is 1. The van der Waals surface area contributed by atoms with Gasteiger partial charge in [0.15, 0.2) is 5.96 Å². The lowest BCUT2D eigenvalue weighted by Crippen LogP contribution is -2.49. The van der Waals surface area contributed by atoms with Crippen molar-refractivity contribution in [2.24, 2.45) is 4.99 Å². The van der Waals surface area contributed by atoms with Gasteiger partial charge in [0.1, 0.15) is 5.60 Å². The van der Waals surface area contributed by atoms with Gasteiger partial charge in [0.2, 0.25) is 0 Å². The summed E-state index contributed by atoms with van der Waals surface area (Å²) in [5, 5.41) is 16.3. The summed E-state index contributed by atoms with van der Waals surface area (Å²) in [4.78, 5) is 16.5. The van der Waals surface area contributed by atoms with Crippen LogP contribution in [0.2, 0.25) is 0 Å². The predicted octanol–water partition coefficient (Wildman–Crippen LogP) is 3.17. The van der Waals surface area contributed by atoms with Crippen molar-refractivity contribution in [3.8, 4) is 0 Å². The number of carbonyl (C=O) groups is 1. The van der Waals surface area contributed by atoms with Crippen molar-refractivity contribution in [2.45, 2.75) is 72.1 Å². The van der Waals surface area contributed by atoms with Crippen molar-refractivity contribution in [2.75, 3.05) is 13.1 Å². The third-order valence-electron chi connectivity index (χ3n) is 3.45. The number of aliphatic imine (C=N–C) groups is 1.